The molecule has 7 heteroatoms. The summed E-state index contributed by atoms with van der Waals surface area (Å²) in [6, 6.07) is 6.58. The molecule has 1 aromatic carbocycles. The van der Waals surface area contributed by atoms with Crippen molar-refractivity contribution in [3.8, 4) is 0 Å². The lowest BCUT2D eigenvalue weighted by atomic mass is 10.3. The highest BCUT2D eigenvalue weighted by molar-refractivity contribution is 6.31. The minimum absolute atomic E-state index is 0.0593. The fraction of sp³-hybridized carbons (Fsp3) is 0.214. The van der Waals surface area contributed by atoms with Crippen LogP contribution in [0, 0.1) is 5.82 Å². The van der Waals surface area contributed by atoms with Crippen molar-refractivity contribution in [1.82, 2.24) is 19.7 Å². The van der Waals surface area contributed by atoms with E-state index in [1.165, 1.54) is 12.1 Å². The number of rotatable bonds is 4. The molecule has 3 aromatic rings. The van der Waals surface area contributed by atoms with Crippen molar-refractivity contribution >= 4 is 34.2 Å². The largest absolute Gasteiger partial charge is 0.322 e. The van der Waals surface area contributed by atoms with Crippen LogP contribution in [0.25, 0.3) is 11.0 Å². The van der Waals surface area contributed by atoms with E-state index in [-0.39, 0.29) is 5.02 Å². The van der Waals surface area contributed by atoms with Crippen molar-refractivity contribution in [3.63, 3.8) is 0 Å². The Bertz CT molecular complexity index is 773. The van der Waals surface area contributed by atoms with Gasteiger partial charge < -0.3 is 4.57 Å². The molecule has 0 radical (unpaired) electrons. The molecule has 0 aliphatic carbocycles. The van der Waals surface area contributed by atoms with E-state index in [1.807, 2.05) is 10.6 Å². The molecule has 0 saturated heterocycles. The van der Waals surface area contributed by atoms with Crippen LogP contribution < -0.4 is 0 Å². The summed E-state index contributed by atoms with van der Waals surface area (Å²) in [5.41, 5.74) is 2.08. The normalized spacial score (nSPS) is 11.2. The summed E-state index contributed by atoms with van der Waals surface area (Å²) in [6.07, 6.45) is 2.18. The molecule has 0 amide bonds. The molecule has 2 heterocycles. The molecule has 0 saturated carbocycles. The molecule has 0 N–H and O–H groups in total. The van der Waals surface area contributed by atoms with Crippen LogP contribution in [0.2, 0.25) is 5.02 Å². The van der Waals surface area contributed by atoms with Gasteiger partial charge in [0.2, 0.25) is 0 Å². The molecule has 0 aliphatic rings. The first-order valence-electron chi connectivity index (χ1n) is 6.35. The second-order valence-corrected chi connectivity index (χ2v) is 5.31. The van der Waals surface area contributed by atoms with Crippen molar-refractivity contribution in [2.45, 2.75) is 13.0 Å². The van der Waals surface area contributed by atoms with Crippen molar-refractivity contribution in [2.75, 3.05) is 5.88 Å². The lowest BCUT2D eigenvalue weighted by Gasteiger charge is -2.07. The Morgan fingerprint density at radius 3 is 2.86 bits per heavy atom. The molecule has 0 spiro atoms. The Kier molecular flexibility index (Phi) is 4.03. The van der Waals surface area contributed by atoms with Gasteiger partial charge in [-0.3, -0.25) is 0 Å². The summed E-state index contributed by atoms with van der Waals surface area (Å²) in [5, 5.41) is 7.96. The van der Waals surface area contributed by atoms with Gasteiger partial charge in [-0.2, -0.15) is 10.2 Å². The maximum Gasteiger partial charge on any atom is 0.144 e. The number of nitrogens with zero attached hydrogens (tertiary/aromatic N) is 4. The summed E-state index contributed by atoms with van der Waals surface area (Å²) < 4.78 is 15.6. The third kappa shape index (κ3) is 2.84. The van der Waals surface area contributed by atoms with Gasteiger partial charge >= 0.3 is 0 Å². The number of fused-ring (bicyclic) bond motifs is 1. The van der Waals surface area contributed by atoms with Crippen molar-refractivity contribution < 1.29 is 4.39 Å². The predicted molar refractivity (Wildman–Crippen MR) is 80.3 cm³/mol. The molecule has 0 aliphatic heterocycles. The fourth-order valence-corrected chi connectivity index (χ4v) is 2.53. The van der Waals surface area contributed by atoms with Gasteiger partial charge in [-0.15, -0.1) is 11.6 Å². The third-order valence-corrected chi connectivity index (χ3v) is 3.61. The second-order valence-electron chi connectivity index (χ2n) is 4.52. The molecule has 0 bridgehead atoms. The van der Waals surface area contributed by atoms with Gasteiger partial charge in [0.15, 0.2) is 0 Å². The Morgan fingerprint density at radius 1 is 1.29 bits per heavy atom. The highest BCUT2D eigenvalue weighted by Crippen LogP contribution is 2.24. The van der Waals surface area contributed by atoms with E-state index in [2.05, 4.69) is 15.2 Å². The molecule has 2 aromatic heterocycles. The summed E-state index contributed by atoms with van der Waals surface area (Å²) in [6.45, 7) is 0.456. The number of hydrogen-bond acceptors (Lipinski definition) is 3. The fourth-order valence-electron chi connectivity index (χ4n) is 2.20. The zero-order chi connectivity index (χ0) is 14.8. The van der Waals surface area contributed by atoms with Crippen LogP contribution in [0.1, 0.15) is 11.5 Å². The van der Waals surface area contributed by atoms with E-state index in [9.17, 15) is 4.39 Å². The van der Waals surface area contributed by atoms with E-state index in [4.69, 9.17) is 23.2 Å². The molecule has 4 nitrogen and oxygen atoms in total. The van der Waals surface area contributed by atoms with E-state index in [1.54, 1.807) is 12.3 Å². The maximum atomic E-state index is 13.7. The summed E-state index contributed by atoms with van der Waals surface area (Å²) in [4.78, 5) is 4.48. The van der Waals surface area contributed by atoms with Gasteiger partial charge in [-0.25, -0.2) is 9.37 Å². The molecular weight excluding hydrogens is 314 g/mol. The average molecular weight is 325 g/mol. The third-order valence-electron chi connectivity index (χ3n) is 3.14. The maximum absolute atomic E-state index is 13.7. The van der Waals surface area contributed by atoms with Crippen LogP contribution in [0.3, 0.4) is 0 Å². The van der Waals surface area contributed by atoms with Crippen LogP contribution >= 0.6 is 23.2 Å². The zero-order valence-electron chi connectivity index (χ0n) is 10.9. The van der Waals surface area contributed by atoms with Crippen molar-refractivity contribution in [3.05, 3.63) is 52.8 Å². The highest BCUT2D eigenvalue weighted by atomic mass is 35.5. The van der Waals surface area contributed by atoms with E-state index < -0.39 is 5.82 Å². The van der Waals surface area contributed by atoms with Gasteiger partial charge in [0.1, 0.15) is 11.6 Å². The number of aromatic nitrogens is 4. The summed E-state index contributed by atoms with van der Waals surface area (Å²) >= 11 is 11.6. The van der Waals surface area contributed by atoms with Crippen molar-refractivity contribution in [1.29, 1.82) is 0 Å². The Labute approximate surface area is 130 Å². The highest BCUT2D eigenvalue weighted by Gasteiger charge is 2.14. The average Bonchev–Trinajstić information content (AvgIpc) is 2.79. The summed E-state index contributed by atoms with van der Waals surface area (Å²) in [7, 11) is 0. The van der Waals surface area contributed by atoms with Gasteiger partial charge in [0, 0.05) is 24.6 Å². The SMILES string of the molecule is Fc1cc2c(cc1Cl)nc(CCCl)n2Cc1cccnn1. The standard InChI is InChI=1S/C14H11Cl2FN4/c15-4-3-14-19-12-6-10(16)11(17)7-13(12)21(14)8-9-2-1-5-18-20-9/h1-2,5-7H,3-4,8H2. The van der Waals surface area contributed by atoms with Gasteiger partial charge in [-0.1, -0.05) is 11.6 Å². The smallest absolute Gasteiger partial charge is 0.144 e. The number of benzene rings is 1. The Balaban J connectivity index is 2.13. The lowest BCUT2D eigenvalue weighted by molar-refractivity contribution is 0.628. The van der Waals surface area contributed by atoms with Crippen molar-refractivity contribution in [2.24, 2.45) is 0 Å². The van der Waals surface area contributed by atoms with Crippen LogP contribution in [0.15, 0.2) is 30.5 Å². The van der Waals surface area contributed by atoms with E-state index >= 15 is 0 Å². The number of halogens is 3. The molecule has 3 rings (SSSR count). The molecule has 0 fully saturated rings. The van der Waals surface area contributed by atoms with Gasteiger partial charge in [0.05, 0.1) is 28.3 Å². The number of alkyl halides is 1. The van der Waals surface area contributed by atoms with E-state index in [0.717, 1.165) is 11.5 Å². The second kappa shape index (κ2) is 5.95. The molecule has 108 valence electrons. The van der Waals surface area contributed by atoms with Crippen LogP contribution in [0.4, 0.5) is 4.39 Å². The monoisotopic (exact) mass is 324 g/mol. The lowest BCUT2D eigenvalue weighted by Crippen LogP contribution is -2.07. The topological polar surface area (TPSA) is 43.6 Å². The van der Waals surface area contributed by atoms with Crippen LogP contribution in [0.5, 0.6) is 0 Å². The Morgan fingerprint density at radius 2 is 2.14 bits per heavy atom. The van der Waals surface area contributed by atoms with Gasteiger partial charge in [-0.05, 0) is 18.2 Å². The van der Waals surface area contributed by atoms with Gasteiger partial charge in [0.25, 0.3) is 0 Å². The van der Waals surface area contributed by atoms with Crippen LogP contribution in [-0.2, 0) is 13.0 Å². The molecule has 0 atom stereocenters. The zero-order valence-corrected chi connectivity index (χ0v) is 12.4. The minimum atomic E-state index is -0.470. The first-order valence-corrected chi connectivity index (χ1v) is 7.27. The molecule has 0 unspecified atom stereocenters. The molecular formula is C14H11Cl2FN4. The molecule has 21 heavy (non-hydrogen) atoms. The number of imidazole rings is 1. The summed E-state index contributed by atoms with van der Waals surface area (Å²) in [5.74, 6) is 0.731. The first-order chi connectivity index (χ1) is 10.2. The quantitative estimate of drug-likeness (QED) is 0.690. The first kappa shape index (κ1) is 14.2. The number of aryl methyl sites for hydroxylation is 1. The number of hydrogen-bond donors (Lipinski definition) is 0. The Hall–Kier alpha value is -1.72. The minimum Gasteiger partial charge on any atom is -0.322 e. The predicted octanol–water partition coefficient (Wildman–Crippen LogP) is 3.45. The van der Waals surface area contributed by atoms with E-state index in [0.29, 0.717) is 29.9 Å². The van der Waals surface area contributed by atoms with Crippen LogP contribution in [-0.4, -0.2) is 25.6 Å².